The van der Waals surface area contributed by atoms with E-state index in [9.17, 15) is 10.2 Å². The van der Waals surface area contributed by atoms with Gasteiger partial charge in [-0.25, -0.2) is 0 Å². The van der Waals surface area contributed by atoms with E-state index in [-0.39, 0.29) is 22.5 Å². The summed E-state index contributed by atoms with van der Waals surface area (Å²) in [4.78, 5) is 0. The van der Waals surface area contributed by atoms with Gasteiger partial charge in [-0.3, -0.25) is 0 Å². The monoisotopic (exact) mass is 386 g/mol. The summed E-state index contributed by atoms with van der Waals surface area (Å²) in [6, 6.07) is 18.1. The number of aromatic hydroxyl groups is 2. The largest absolute Gasteiger partial charge is 0.508 e. The first kappa shape index (κ1) is 19.6. The Morgan fingerprint density at radius 3 is 1.97 bits per heavy atom. The van der Waals surface area contributed by atoms with Gasteiger partial charge in [0.15, 0.2) is 0 Å². The van der Waals surface area contributed by atoms with Crippen LogP contribution < -0.4 is 0 Å². The quantitative estimate of drug-likeness (QED) is 0.375. The van der Waals surface area contributed by atoms with Crippen LogP contribution in [0.4, 0.5) is 0 Å². The molecule has 0 aliphatic heterocycles. The molecule has 0 amide bonds. The average Bonchev–Trinajstić information content (AvgIpc) is 2.95. The molecule has 0 aromatic heterocycles. The van der Waals surface area contributed by atoms with Gasteiger partial charge in [-0.05, 0) is 50.8 Å². The highest BCUT2D eigenvalue weighted by Crippen LogP contribution is 2.55. The summed E-state index contributed by atoms with van der Waals surface area (Å²) in [6.45, 7) is 13.1. The van der Waals surface area contributed by atoms with E-state index < -0.39 is 0 Å². The molecule has 0 radical (unpaired) electrons. The van der Waals surface area contributed by atoms with Crippen molar-refractivity contribution in [3.8, 4) is 22.6 Å². The van der Waals surface area contributed by atoms with Crippen LogP contribution in [0.1, 0.15) is 75.3 Å². The Balaban J connectivity index is 2.08. The molecule has 29 heavy (non-hydrogen) atoms. The van der Waals surface area contributed by atoms with Crippen molar-refractivity contribution in [2.75, 3.05) is 0 Å². The van der Waals surface area contributed by atoms with Gasteiger partial charge in [0.1, 0.15) is 11.5 Å². The minimum absolute atomic E-state index is 0.0658. The van der Waals surface area contributed by atoms with E-state index in [0.717, 1.165) is 38.9 Å². The Labute approximate surface area is 173 Å². The molecule has 2 N–H and O–H groups in total. The van der Waals surface area contributed by atoms with Crippen LogP contribution in [0.2, 0.25) is 0 Å². The smallest absolute Gasteiger partial charge is 0.120 e. The molecule has 0 bridgehead atoms. The molecule has 4 rings (SSSR count). The van der Waals surface area contributed by atoms with Gasteiger partial charge in [0.05, 0.1) is 0 Å². The maximum absolute atomic E-state index is 11.3. The van der Waals surface area contributed by atoms with Crippen molar-refractivity contribution in [2.24, 2.45) is 0 Å². The van der Waals surface area contributed by atoms with E-state index >= 15 is 0 Å². The lowest BCUT2D eigenvalue weighted by Crippen LogP contribution is -2.20. The second kappa shape index (κ2) is 6.38. The first-order valence-electron chi connectivity index (χ1n) is 10.3. The van der Waals surface area contributed by atoms with Crippen LogP contribution in [0.5, 0.6) is 11.5 Å². The maximum Gasteiger partial charge on any atom is 0.120 e. The van der Waals surface area contributed by atoms with Gasteiger partial charge in [0, 0.05) is 17.0 Å². The first-order chi connectivity index (χ1) is 13.5. The van der Waals surface area contributed by atoms with E-state index in [1.165, 1.54) is 0 Å². The number of fused-ring (bicyclic) bond motifs is 3. The van der Waals surface area contributed by atoms with Crippen molar-refractivity contribution < 1.29 is 10.2 Å². The minimum atomic E-state index is -0.189. The lowest BCUT2D eigenvalue weighted by molar-refractivity contribution is 0.451. The molecular weight excluding hydrogens is 356 g/mol. The molecule has 1 aliphatic carbocycles. The highest BCUT2D eigenvalue weighted by molar-refractivity contribution is 5.83. The highest BCUT2D eigenvalue weighted by Gasteiger charge is 2.37. The van der Waals surface area contributed by atoms with Crippen LogP contribution in [0, 0.1) is 0 Å². The second-order valence-corrected chi connectivity index (χ2v) is 10.2. The Morgan fingerprint density at radius 2 is 1.31 bits per heavy atom. The zero-order chi connectivity index (χ0) is 21.1. The molecular formula is C27H30O2. The van der Waals surface area contributed by atoms with Crippen molar-refractivity contribution >= 4 is 0 Å². The molecule has 150 valence electrons. The van der Waals surface area contributed by atoms with Crippen LogP contribution in [0.15, 0.2) is 54.6 Å². The standard InChI is InChI=1S/C27H30O2/c1-26(2,3)16-14-20(27(4,5)6)25(22(29)15-16)24-19-11-8-7-10-17(19)18-12-9-13-21(28)23(18)24/h7-15,24,28-29H,1-6H3. The Bertz CT molecular complexity index is 1090. The number of benzene rings is 3. The predicted molar refractivity (Wildman–Crippen MR) is 120 cm³/mol. The van der Waals surface area contributed by atoms with Gasteiger partial charge in [0.25, 0.3) is 0 Å². The zero-order valence-corrected chi connectivity index (χ0v) is 18.2. The van der Waals surface area contributed by atoms with Crippen LogP contribution in [0.25, 0.3) is 11.1 Å². The van der Waals surface area contributed by atoms with E-state index in [2.05, 4.69) is 65.8 Å². The molecule has 1 atom stereocenters. The summed E-state index contributed by atoms with van der Waals surface area (Å²) in [6.07, 6.45) is 0. The molecule has 3 aromatic carbocycles. The minimum Gasteiger partial charge on any atom is -0.508 e. The molecule has 0 spiro atoms. The highest BCUT2D eigenvalue weighted by atomic mass is 16.3. The fourth-order valence-corrected chi connectivity index (χ4v) is 4.54. The number of phenols is 2. The van der Waals surface area contributed by atoms with Crippen molar-refractivity contribution in [3.05, 3.63) is 82.4 Å². The fourth-order valence-electron chi connectivity index (χ4n) is 4.54. The van der Waals surface area contributed by atoms with Gasteiger partial charge in [-0.2, -0.15) is 0 Å². The summed E-state index contributed by atoms with van der Waals surface area (Å²) in [5, 5.41) is 22.1. The zero-order valence-electron chi connectivity index (χ0n) is 18.2. The molecule has 1 unspecified atom stereocenters. The Morgan fingerprint density at radius 1 is 0.655 bits per heavy atom. The summed E-state index contributed by atoms with van der Waals surface area (Å²) in [7, 11) is 0. The summed E-state index contributed by atoms with van der Waals surface area (Å²) in [5.74, 6) is 0.395. The number of hydrogen-bond acceptors (Lipinski definition) is 2. The van der Waals surface area contributed by atoms with Crippen molar-refractivity contribution in [3.63, 3.8) is 0 Å². The summed E-state index contributed by atoms with van der Waals surface area (Å²) < 4.78 is 0. The van der Waals surface area contributed by atoms with E-state index in [4.69, 9.17) is 0 Å². The lowest BCUT2D eigenvalue weighted by atomic mass is 9.73. The topological polar surface area (TPSA) is 40.5 Å². The first-order valence-corrected chi connectivity index (χ1v) is 10.3. The normalized spacial score (nSPS) is 15.9. The van der Waals surface area contributed by atoms with Crippen molar-refractivity contribution in [2.45, 2.75) is 58.3 Å². The van der Waals surface area contributed by atoms with Crippen molar-refractivity contribution in [1.82, 2.24) is 0 Å². The molecule has 0 saturated heterocycles. The Kier molecular flexibility index (Phi) is 4.31. The number of rotatable bonds is 1. The lowest BCUT2D eigenvalue weighted by Gasteiger charge is -2.31. The van der Waals surface area contributed by atoms with Crippen LogP contribution in [-0.4, -0.2) is 10.2 Å². The Hall–Kier alpha value is -2.74. The summed E-state index contributed by atoms with van der Waals surface area (Å²) in [5.41, 5.74) is 7.11. The second-order valence-electron chi connectivity index (χ2n) is 10.2. The van der Waals surface area contributed by atoms with Crippen molar-refractivity contribution in [1.29, 1.82) is 0 Å². The van der Waals surface area contributed by atoms with Gasteiger partial charge in [0.2, 0.25) is 0 Å². The SMILES string of the molecule is CC(C)(C)c1cc(O)c(C2c3ccccc3-c3cccc(O)c32)c(C(C)(C)C)c1. The molecule has 2 heteroatoms. The van der Waals surface area contributed by atoms with E-state index in [1.54, 1.807) is 6.07 Å². The average molecular weight is 387 g/mol. The third-order valence-corrected chi connectivity index (χ3v) is 6.05. The van der Waals surface area contributed by atoms with Gasteiger partial charge in [-0.1, -0.05) is 84.0 Å². The van der Waals surface area contributed by atoms with Crippen LogP contribution >= 0.6 is 0 Å². The molecule has 0 saturated carbocycles. The van der Waals surface area contributed by atoms with Gasteiger partial charge < -0.3 is 10.2 Å². The number of phenolic OH excluding ortho intramolecular Hbond substituents is 2. The van der Waals surface area contributed by atoms with Crippen LogP contribution in [0.3, 0.4) is 0 Å². The molecule has 0 heterocycles. The van der Waals surface area contributed by atoms with E-state index in [0.29, 0.717) is 5.75 Å². The third-order valence-electron chi connectivity index (χ3n) is 6.05. The third kappa shape index (κ3) is 3.11. The maximum atomic E-state index is 11.3. The molecule has 2 nitrogen and oxygen atoms in total. The molecule has 0 fully saturated rings. The van der Waals surface area contributed by atoms with E-state index in [1.807, 2.05) is 24.3 Å². The fraction of sp³-hybridized carbons (Fsp3) is 0.333. The van der Waals surface area contributed by atoms with Crippen LogP contribution in [-0.2, 0) is 10.8 Å². The summed E-state index contributed by atoms with van der Waals surface area (Å²) >= 11 is 0. The molecule has 3 aromatic rings. The van der Waals surface area contributed by atoms with Gasteiger partial charge in [-0.15, -0.1) is 0 Å². The number of hydrogen-bond donors (Lipinski definition) is 2. The molecule has 1 aliphatic rings. The predicted octanol–water partition coefficient (Wildman–Crippen LogP) is 6.85. The van der Waals surface area contributed by atoms with Gasteiger partial charge >= 0.3 is 0 Å².